The van der Waals surface area contributed by atoms with Gasteiger partial charge in [-0.05, 0) is 31.1 Å². The Balaban J connectivity index is 2.34. The second-order valence-electron chi connectivity index (χ2n) is 6.19. The van der Waals surface area contributed by atoms with Crippen LogP contribution in [0, 0.1) is 17.8 Å². The molecule has 1 aliphatic rings. The fourth-order valence-electron chi connectivity index (χ4n) is 2.45. The van der Waals surface area contributed by atoms with Crippen LogP contribution in [0.15, 0.2) is 10.2 Å². The van der Waals surface area contributed by atoms with Gasteiger partial charge in [-0.2, -0.15) is 10.2 Å². The second kappa shape index (κ2) is 8.44. The molecule has 0 aromatic rings. The molecule has 0 saturated heterocycles. The van der Waals surface area contributed by atoms with E-state index in [-0.39, 0.29) is 0 Å². The topological polar surface area (TPSA) is 24.7 Å². The predicted molar refractivity (Wildman–Crippen MR) is 81.4 cm³/mol. The van der Waals surface area contributed by atoms with Crippen LogP contribution in [0.25, 0.3) is 0 Å². The van der Waals surface area contributed by atoms with Crippen molar-refractivity contribution >= 4 is 11.9 Å². The Kier molecular flexibility index (Phi) is 7.22. The molecule has 0 aliphatic carbocycles. The molecule has 0 bridgehead atoms. The van der Waals surface area contributed by atoms with Crippen molar-refractivity contribution in [3.05, 3.63) is 0 Å². The van der Waals surface area contributed by atoms with E-state index in [1.165, 1.54) is 44.2 Å². The molecule has 0 fully saturated rings. The normalized spacial score (nSPS) is 21.2. The van der Waals surface area contributed by atoms with Gasteiger partial charge in [-0.25, -0.2) is 0 Å². The number of hydrogen-bond acceptors (Lipinski definition) is 2. The first kappa shape index (κ1) is 15.4. The van der Waals surface area contributed by atoms with Crippen LogP contribution in [0.4, 0.5) is 0 Å². The van der Waals surface area contributed by atoms with Gasteiger partial charge < -0.3 is 0 Å². The Morgan fingerprint density at radius 2 is 2.00 bits per heavy atom. The lowest BCUT2D eigenvalue weighted by Gasteiger charge is -2.21. The van der Waals surface area contributed by atoms with Crippen molar-refractivity contribution in [1.82, 2.24) is 0 Å². The molecule has 1 rings (SSSR count). The Bertz CT molecular complexity index is 279. The number of nitrogens with zero attached hydrogens (tertiary/aromatic N) is 2. The summed E-state index contributed by atoms with van der Waals surface area (Å²) >= 11 is 0. The predicted octanol–water partition coefficient (Wildman–Crippen LogP) is 5.09. The Morgan fingerprint density at radius 3 is 2.67 bits per heavy atom. The van der Waals surface area contributed by atoms with Gasteiger partial charge in [0.1, 0.15) is 0 Å². The highest BCUT2D eigenvalue weighted by molar-refractivity contribution is 5.90. The molecule has 0 spiro atoms. The summed E-state index contributed by atoms with van der Waals surface area (Å²) in [6, 6.07) is 0. The molecule has 0 aromatic carbocycles. The van der Waals surface area contributed by atoms with Crippen LogP contribution < -0.4 is 0 Å². The number of unbranched alkanes of at least 4 members (excludes halogenated alkanes) is 2. The molecule has 0 radical (unpaired) electrons. The smallest absolute Gasteiger partial charge is 0.0440 e. The first-order chi connectivity index (χ1) is 8.63. The van der Waals surface area contributed by atoms with Gasteiger partial charge >= 0.3 is 0 Å². The third-order valence-corrected chi connectivity index (χ3v) is 3.86. The maximum atomic E-state index is 4.37. The molecule has 0 amide bonds. The summed E-state index contributed by atoms with van der Waals surface area (Å²) < 4.78 is 0. The van der Waals surface area contributed by atoms with Gasteiger partial charge in [0.05, 0.1) is 0 Å². The highest BCUT2D eigenvalue weighted by Gasteiger charge is 2.18. The lowest BCUT2D eigenvalue weighted by Crippen LogP contribution is -2.20. The van der Waals surface area contributed by atoms with Crippen LogP contribution in [0.1, 0.15) is 72.6 Å². The van der Waals surface area contributed by atoms with Gasteiger partial charge in [-0.15, -0.1) is 0 Å². The molecule has 0 saturated carbocycles. The average molecular weight is 250 g/mol. The van der Waals surface area contributed by atoms with Crippen molar-refractivity contribution < 1.29 is 0 Å². The maximum absolute atomic E-state index is 4.37. The monoisotopic (exact) mass is 250 g/mol. The summed E-state index contributed by atoms with van der Waals surface area (Å²) in [4.78, 5) is 0. The van der Waals surface area contributed by atoms with E-state index in [0.29, 0.717) is 11.8 Å². The zero-order valence-electron chi connectivity index (χ0n) is 12.7. The molecule has 2 atom stereocenters. The summed E-state index contributed by atoms with van der Waals surface area (Å²) in [7, 11) is 0. The summed E-state index contributed by atoms with van der Waals surface area (Å²) in [5.41, 5.74) is 1.33. The van der Waals surface area contributed by atoms with Gasteiger partial charge in [0.25, 0.3) is 0 Å². The fourth-order valence-corrected chi connectivity index (χ4v) is 2.45. The first-order valence-electron chi connectivity index (χ1n) is 7.73. The van der Waals surface area contributed by atoms with Crippen molar-refractivity contribution in [2.24, 2.45) is 28.0 Å². The van der Waals surface area contributed by atoms with Gasteiger partial charge in [-0.3, -0.25) is 0 Å². The van der Waals surface area contributed by atoms with Gasteiger partial charge in [0, 0.05) is 17.8 Å². The second-order valence-corrected chi connectivity index (χ2v) is 6.19. The van der Waals surface area contributed by atoms with Crippen LogP contribution in [0.5, 0.6) is 0 Å². The summed E-state index contributed by atoms with van der Waals surface area (Å²) in [6.07, 6.45) is 11.0. The standard InChI is InChI=1S/C16H30N2/c1-5-6-7-8-15-11-16(18-17-12-15)14(4)10-9-13(2)3/h12-15H,5-11H2,1-4H3. The van der Waals surface area contributed by atoms with Gasteiger partial charge in [0.2, 0.25) is 0 Å². The first-order valence-corrected chi connectivity index (χ1v) is 7.73. The van der Waals surface area contributed by atoms with Crippen LogP contribution in [0.3, 0.4) is 0 Å². The average Bonchev–Trinajstić information content (AvgIpc) is 2.36. The summed E-state index contributed by atoms with van der Waals surface area (Å²) in [6.45, 7) is 9.16. The molecule has 1 heterocycles. The zero-order chi connectivity index (χ0) is 13.4. The third-order valence-electron chi connectivity index (χ3n) is 3.86. The molecule has 2 heteroatoms. The molecule has 18 heavy (non-hydrogen) atoms. The number of rotatable bonds is 8. The van der Waals surface area contributed by atoms with Crippen molar-refractivity contribution in [2.75, 3.05) is 0 Å². The van der Waals surface area contributed by atoms with E-state index in [2.05, 4.69) is 44.1 Å². The molecule has 1 aliphatic heterocycles. The molecular formula is C16H30N2. The van der Waals surface area contributed by atoms with E-state index in [4.69, 9.17) is 0 Å². The van der Waals surface area contributed by atoms with Gasteiger partial charge in [-0.1, -0.05) is 53.4 Å². The Hall–Kier alpha value is -0.660. The largest absolute Gasteiger partial charge is 0.163 e. The maximum Gasteiger partial charge on any atom is 0.0440 e. The van der Waals surface area contributed by atoms with E-state index in [1.54, 1.807) is 0 Å². The zero-order valence-corrected chi connectivity index (χ0v) is 12.7. The minimum atomic E-state index is 0.610. The van der Waals surface area contributed by atoms with Gasteiger partial charge in [0.15, 0.2) is 0 Å². The van der Waals surface area contributed by atoms with Crippen LogP contribution >= 0.6 is 0 Å². The van der Waals surface area contributed by atoms with E-state index in [1.807, 2.05) is 0 Å². The van der Waals surface area contributed by atoms with E-state index < -0.39 is 0 Å². The molecule has 104 valence electrons. The minimum absolute atomic E-state index is 0.610. The molecule has 0 N–H and O–H groups in total. The van der Waals surface area contributed by atoms with E-state index >= 15 is 0 Å². The summed E-state index contributed by atoms with van der Waals surface area (Å²) in [5, 5.41) is 8.60. The SMILES string of the molecule is CCCCCC1C=NN=C(C(C)CCC(C)C)C1. The van der Waals surface area contributed by atoms with Crippen LogP contribution in [-0.2, 0) is 0 Å². The van der Waals surface area contributed by atoms with Crippen LogP contribution in [-0.4, -0.2) is 11.9 Å². The Labute approximate surface area is 113 Å². The van der Waals surface area contributed by atoms with E-state index in [0.717, 1.165) is 12.3 Å². The lowest BCUT2D eigenvalue weighted by atomic mass is 9.87. The van der Waals surface area contributed by atoms with Crippen molar-refractivity contribution in [3.8, 4) is 0 Å². The highest BCUT2D eigenvalue weighted by Crippen LogP contribution is 2.22. The van der Waals surface area contributed by atoms with Crippen molar-refractivity contribution in [3.63, 3.8) is 0 Å². The summed E-state index contributed by atoms with van der Waals surface area (Å²) in [5.74, 6) is 2.05. The van der Waals surface area contributed by atoms with E-state index in [9.17, 15) is 0 Å². The lowest BCUT2D eigenvalue weighted by molar-refractivity contribution is 0.502. The van der Waals surface area contributed by atoms with Crippen molar-refractivity contribution in [2.45, 2.75) is 72.6 Å². The quantitative estimate of drug-likeness (QED) is 0.536. The highest BCUT2D eigenvalue weighted by atomic mass is 15.2. The third kappa shape index (κ3) is 5.79. The fraction of sp³-hybridized carbons (Fsp3) is 0.875. The molecular weight excluding hydrogens is 220 g/mol. The molecule has 2 unspecified atom stereocenters. The van der Waals surface area contributed by atoms with Crippen molar-refractivity contribution in [1.29, 1.82) is 0 Å². The Morgan fingerprint density at radius 1 is 1.22 bits per heavy atom. The minimum Gasteiger partial charge on any atom is -0.163 e. The molecule has 0 aromatic heterocycles. The van der Waals surface area contributed by atoms with Crippen LogP contribution in [0.2, 0.25) is 0 Å². The number of hydrogen-bond donors (Lipinski definition) is 0. The molecule has 2 nitrogen and oxygen atoms in total.